The smallest absolute Gasteiger partial charge is 0.0511 e. The van der Waals surface area contributed by atoms with Crippen molar-refractivity contribution in [2.45, 2.75) is 32.2 Å². The zero-order valence-electron chi connectivity index (χ0n) is 12.8. The first kappa shape index (κ1) is 14.0. The molecule has 0 aromatic heterocycles. The van der Waals surface area contributed by atoms with E-state index in [-0.39, 0.29) is 0 Å². The first-order chi connectivity index (χ1) is 10.4. The average Bonchev–Trinajstić information content (AvgIpc) is 3.08. The third kappa shape index (κ3) is 3.38. The van der Waals surface area contributed by atoms with E-state index in [1.807, 2.05) is 0 Å². The summed E-state index contributed by atoms with van der Waals surface area (Å²) in [5, 5.41) is 3.64. The molecule has 110 valence electrons. The van der Waals surface area contributed by atoms with Crippen LogP contribution < -0.4 is 10.2 Å². The van der Waals surface area contributed by atoms with Gasteiger partial charge in [0, 0.05) is 24.5 Å². The maximum atomic E-state index is 3.64. The van der Waals surface area contributed by atoms with Gasteiger partial charge in [0.2, 0.25) is 0 Å². The molecule has 3 rings (SSSR count). The van der Waals surface area contributed by atoms with Crippen molar-refractivity contribution in [2.75, 3.05) is 23.3 Å². The van der Waals surface area contributed by atoms with E-state index in [2.05, 4.69) is 71.7 Å². The summed E-state index contributed by atoms with van der Waals surface area (Å²) in [5.74, 6) is 0. The van der Waals surface area contributed by atoms with Crippen molar-refractivity contribution >= 4 is 11.4 Å². The van der Waals surface area contributed by atoms with Gasteiger partial charge < -0.3 is 10.2 Å². The standard InChI is InChI=1S/C19H24N2/c1-2-19(16-8-4-3-5-9-16)20-17-10-12-18(13-11-17)21-14-6-7-15-21/h3-5,8-13,19-20H,2,6-7,14-15H2,1H3. The van der Waals surface area contributed by atoms with Gasteiger partial charge in [-0.15, -0.1) is 0 Å². The minimum Gasteiger partial charge on any atom is -0.378 e. The molecule has 2 heteroatoms. The maximum Gasteiger partial charge on any atom is 0.0511 e. The summed E-state index contributed by atoms with van der Waals surface area (Å²) in [5.41, 5.74) is 3.91. The molecule has 1 aliphatic rings. The molecule has 1 atom stereocenters. The third-order valence-corrected chi connectivity index (χ3v) is 4.29. The van der Waals surface area contributed by atoms with Gasteiger partial charge in [-0.25, -0.2) is 0 Å². The van der Waals surface area contributed by atoms with Crippen LogP contribution in [0.4, 0.5) is 11.4 Å². The van der Waals surface area contributed by atoms with Gasteiger partial charge in [-0.1, -0.05) is 37.3 Å². The lowest BCUT2D eigenvalue weighted by molar-refractivity contribution is 0.749. The molecule has 1 aliphatic heterocycles. The molecule has 0 bridgehead atoms. The minimum atomic E-state index is 0.379. The summed E-state index contributed by atoms with van der Waals surface area (Å²) < 4.78 is 0. The molecule has 1 unspecified atom stereocenters. The van der Waals surface area contributed by atoms with Crippen LogP contribution in [-0.4, -0.2) is 13.1 Å². The first-order valence-corrected chi connectivity index (χ1v) is 8.03. The van der Waals surface area contributed by atoms with Crippen LogP contribution in [0, 0.1) is 0 Å². The van der Waals surface area contributed by atoms with Crippen LogP contribution in [0.1, 0.15) is 37.8 Å². The van der Waals surface area contributed by atoms with Gasteiger partial charge in [-0.2, -0.15) is 0 Å². The Morgan fingerprint density at radius 1 is 0.952 bits per heavy atom. The van der Waals surface area contributed by atoms with Crippen molar-refractivity contribution in [3.05, 3.63) is 60.2 Å². The second kappa shape index (κ2) is 6.66. The highest BCUT2D eigenvalue weighted by atomic mass is 15.1. The van der Waals surface area contributed by atoms with E-state index < -0.39 is 0 Å². The van der Waals surface area contributed by atoms with Gasteiger partial charge in [-0.05, 0) is 49.1 Å². The Kier molecular flexibility index (Phi) is 4.44. The zero-order chi connectivity index (χ0) is 14.5. The van der Waals surface area contributed by atoms with E-state index in [9.17, 15) is 0 Å². The number of hydrogen-bond donors (Lipinski definition) is 1. The minimum absolute atomic E-state index is 0.379. The Balaban J connectivity index is 1.69. The van der Waals surface area contributed by atoms with Crippen molar-refractivity contribution in [1.29, 1.82) is 0 Å². The predicted octanol–water partition coefficient (Wildman–Crippen LogP) is 4.85. The highest BCUT2D eigenvalue weighted by Crippen LogP contribution is 2.25. The molecule has 0 radical (unpaired) electrons. The molecule has 1 N–H and O–H groups in total. The number of hydrogen-bond acceptors (Lipinski definition) is 2. The number of nitrogens with one attached hydrogen (secondary N) is 1. The Morgan fingerprint density at radius 3 is 2.24 bits per heavy atom. The van der Waals surface area contributed by atoms with Gasteiger partial charge in [0.05, 0.1) is 6.04 Å². The Hall–Kier alpha value is -1.96. The Labute approximate surface area is 127 Å². The summed E-state index contributed by atoms with van der Waals surface area (Å²) in [6.45, 7) is 4.63. The fourth-order valence-corrected chi connectivity index (χ4v) is 3.05. The molecule has 2 aromatic rings. The van der Waals surface area contributed by atoms with Gasteiger partial charge in [0.15, 0.2) is 0 Å². The van der Waals surface area contributed by atoms with E-state index in [4.69, 9.17) is 0 Å². The normalized spacial score (nSPS) is 16.0. The maximum absolute atomic E-state index is 3.64. The fraction of sp³-hybridized carbons (Fsp3) is 0.368. The lowest BCUT2D eigenvalue weighted by Gasteiger charge is -2.21. The van der Waals surface area contributed by atoms with Crippen LogP contribution in [-0.2, 0) is 0 Å². The summed E-state index contributed by atoms with van der Waals surface area (Å²) in [4.78, 5) is 2.47. The average molecular weight is 280 g/mol. The van der Waals surface area contributed by atoms with Crippen molar-refractivity contribution < 1.29 is 0 Å². The molecule has 0 amide bonds. The fourth-order valence-electron chi connectivity index (χ4n) is 3.05. The van der Waals surface area contributed by atoms with Crippen molar-refractivity contribution in [2.24, 2.45) is 0 Å². The van der Waals surface area contributed by atoms with E-state index in [0.29, 0.717) is 6.04 Å². The van der Waals surface area contributed by atoms with Gasteiger partial charge >= 0.3 is 0 Å². The third-order valence-electron chi connectivity index (χ3n) is 4.29. The highest BCUT2D eigenvalue weighted by Gasteiger charge is 2.12. The largest absolute Gasteiger partial charge is 0.378 e. The highest BCUT2D eigenvalue weighted by molar-refractivity contribution is 5.56. The van der Waals surface area contributed by atoms with Crippen LogP contribution in [0.25, 0.3) is 0 Å². The quantitative estimate of drug-likeness (QED) is 0.842. The Bertz CT molecular complexity index is 542. The van der Waals surface area contributed by atoms with Gasteiger partial charge in [0.1, 0.15) is 0 Å². The van der Waals surface area contributed by atoms with Crippen molar-refractivity contribution in [3.8, 4) is 0 Å². The lowest BCUT2D eigenvalue weighted by Crippen LogP contribution is -2.17. The number of nitrogens with zero attached hydrogens (tertiary/aromatic N) is 1. The molecule has 1 heterocycles. The van der Waals surface area contributed by atoms with Gasteiger partial charge in [-0.3, -0.25) is 0 Å². The topological polar surface area (TPSA) is 15.3 Å². The molecular weight excluding hydrogens is 256 g/mol. The number of benzene rings is 2. The Morgan fingerprint density at radius 2 is 1.62 bits per heavy atom. The van der Waals surface area contributed by atoms with E-state index >= 15 is 0 Å². The van der Waals surface area contributed by atoms with Crippen LogP contribution in [0.15, 0.2) is 54.6 Å². The molecule has 0 spiro atoms. The van der Waals surface area contributed by atoms with Crippen LogP contribution in [0.2, 0.25) is 0 Å². The second-order valence-corrected chi connectivity index (χ2v) is 5.76. The van der Waals surface area contributed by atoms with Gasteiger partial charge in [0.25, 0.3) is 0 Å². The number of anilines is 2. The summed E-state index contributed by atoms with van der Waals surface area (Å²) in [6.07, 6.45) is 3.73. The lowest BCUT2D eigenvalue weighted by atomic mass is 10.0. The van der Waals surface area contributed by atoms with Crippen molar-refractivity contribution in [1.82, 2.24) is 0 Å². The first-order valence-electron chi connectivity index (χ1n) is 8.03. The van der Waals surface area contributed by atoms with E-state index in [1.54, 1.807) is 0 Å². The van der Waals surface area contributed by atoms with E-state index in [0.717, 1.165) is 6.42 Å². The molecule has 21 heavy (non-hydrogen) atoms. The van der Waals surface area contributed by atoms with Crippen LogP contribution in [0.5, 0.6) is 0 Å². The summed E-state index contributed by atoms with van der Waals surface area (Å²) >= 11 is 0. The van der Waals surface area contributed by atoms with E-state index in [1.165, 1.54) is 42.9 Å². The van der Waals surface area contributed by atoms with Crippen LogP contribution in [0.3, 0.4) is 0 Å². The molecular formula is C19H24N2. The second-order valence-electron chi connectivity index (χ2n) is 5.76. The zero-order valence-corrected chi connectivity index (χ0v) is 12.8. The van der Waals surface area contributed by atoms with Crippen molar-refractivity contribution in [3.63, 3.8) is 0 Å². The molecule has 1 fully saturated rings. The number of rotatable bonds is 5. The van der Waals surface area contributed by atoms with Crippen LogP contribution >= 0.6 is 0 Å². The summed E-state index contributed by atoms with van der Waals surface area (Å²) in [7, 11) is 0. The predicted molar refractivity (Wildman–Crippen MR) is 91.0 cm³/mol. The SMILES string of the molecule is CCC(Nc1ccc(N2CCCC2)cc1)c1ccccc1. The molecule has 1 saturated heterocycles. The summed E-state index contributed by atoms with van der Waals surface area (Å²) in [6, 6.07) is 20.0. The molecule has 2 aromatic carbocycles. The molecule has 0 saturated carbocycles. The molecule has 2 nitrogen and oxygen atoms in total. The molecule has 0 aliphatic carbocycles. The monoisotopic (exact) mass is 280 g/mol.